The number of fused-ring (bicyclic) bond motifs is 1. The van der Waals surface area contributed by atoms with Crippen LogP contribution in [0.25, 0.3) is 0 Å². The Balaban J connectivity index is 2.12. The number of hydrogen-bond donors (Lipinski definition) is 0. The highest BCUT2D eigenvalue weighted by atomic mass is 16.7. The Morgan fingerprint density at radius 1 is 1.40 bits per heavy atom. The maximum Gasteiger partial charge on any atom is 0.311 e. The summed E-state index contributed by atoms with van der Waals surface area (Å²) in [5.41, 5.74) is 0. The Labute approximate surface area is 91.1 Å². The van der Waals surface area contributed by atoms with Gasteiger partial charge in [-0.15, -0.1) is 0 Å². The van der Waals surface area contributed by atoms with E-state index in [1.165, 1.54) is 0 Å². The Hall–Kier alpha value is -0.570. The molecule has 0 aromatic heterocycles. The van der Waals surface area contributed by atoms with Crippen molar-refractivity contribution in [1.29, 1.82) is 0 Å². The van der Waals surface area contributed by atoms with Crippen LogP contribution in [0.15, 0.2) is 0 Å². The Morgan fingerprint density at radius 3 is 2.80 bits per heavy atom. The molecule has 1 aliphatic carbocycles. The van der Waals surface area contributed by atoms with E-state index in [0.717, 1.165) is 12.8 Å². The van der Waals surface area contributed by atoms with Crippen molar-refractivity contribution in [2.75, 3.05) is 6.61 Å². The molecule has 0 aromatic carbocycles. The molecule has 0 aromatic rings. The molecule has 5 atom stereocenters. The number of hydrogen-bond acceptors (Lipinski definition) is 3. The van der Waals surface area contributed by atoms with Gasteiger partial charge >= 0.3 is 5.97 Å². The summed E-state index contributed by atoms with van der Waals surface area (Å²) in [4.78, 5) is 11.8. The minimum Gasteiger partial charge on any atom is -0.435 e. The first-order valence-electron chi connectivity index (χ1n) is 5.97. The van der Waals surface area contributed by atoms with Crippen LogP contribution in [-0.2, 0) is 14.3 Å². The zero-order chi connectivity index (χ0) is 11.0. The van der Waals surface area contributed by atoms with Gasteiger partial charge in [0.2, 0.25) is 6.29 Å². The fourth-order valence-corrected chi connectivity index (χ4v) is 3.09. The summed E-state index contributed by atoms with van der Waals surface area (Å²) in [6.07, 6.45) is 1.98. The number of carbonyl (C=O) groups is 1. The zero-order valence-electron chi connectivity index (χ0n) is 9.73. The molecular weight excluding hydrogens is 192 g/mol. The van der Waals surface area contributed by atoms with Gasteiger partial charge in [-0.25, -0.2) is 0 Å². The van der Waals surface area contributed by atoms with Crippen LogP contribution in [0.1, 0.15) is 33.6 Å². The second-order valence-electron chi connectivity index (χ2n) is 4.86. The van der Waals surface area contributed by atoms with Gasteiger partial charge in [0.1, 0.15) is 0 Å². The maximum absolute atomic E-state index is 11.8. The first kappa shape index (κ1) is 10.9. The lowest BCUT2D eigenvalue weighted by Crippen LogP contribution is -2.44. The summed E-state index contributed by atoms with van der Waals surface area (Å²) in [6.45, 7) is 6.83. The molecule has 2 fully saturated rings. The van der Waals surface area contributed by atoms with Crippen LogP contribution in [0.2, 0.25) is 0 Å². The second kappa shape index (κ2) is 4.12. The highest BCUT2D eigenvalue weighted by Crippen LogP contribution is 2.46. The monoisotopic (exact) mass is 212 g/mol. The Bertz CT molecular complexity index is 251. The minimum atomic E-state index is -0.311. The highest BCUT2D eigenvalue weighted by Gasteiger charge is 2.49. The van der Waals surface area contributed by atoms with E-state index in [9.17, 15) is 4.79 Å². The van der Waals surface area contributed by atoms with Crippen molar-refractivity contribution in [2.45, 2.75) is 39.9 Å². The van der Waals surface area contributed by atoms with Crippen molar-refractivity contribution in [1.82, 2.24) is 0 Å². The molecule has 15 heavy (non-hydrogen) atoms. The first-order valence-corrected chi connectivity index (χ1v) is 5.97. The van der Waals surface area contributed by atoms with E-state index in [4.69, 9.17) is 9.47 Å². The first-order chi connectivity index (χ1) is 7.15. The Morgan fingerprint density at radius 2 is 2.13 bits per heavy atom. The fourth-order valence-electron chi connectivity index (χ4n) is 3.09. The molecule has 1 heterocycles. The molecule has 0 bridgehead atoms. The summed E-state index contributed by atoms with van der Waals surface area (Å²) in [5.74, 6) is 1.38. The third kappa shape index (κ3) is 1.78. The van der Waals surface area contributed by atoms with E-state index in [1.807, 2.05) is 6.92 Å². The third-order valence-corrected chi connectivity index (χ3v) is 3.97. The quantitative estimate of drug-likeness (QED) is 0.658. The SMILES string of the molecule is CCO[C@@H]1OC(=O)[C@H]2[C@@H](CC[C@H]2C)[C@H]1C. The second-order valence-corrected chi connectivity index (χ2v) is 4.86. The Kier molecular flexibility index (Phi) is 3.01. The largest absolute Gasteiger partial charge is 0.435 e. The van der Waals surface area contributed by atoms with Gasteiger partial charge in [-0.1, -0.05) is 13.8 Å². The zero-order valence-corrected chi connectivity index (χ0v) is 9.73. The van der Waals surface area contributed by atoms with Crippen molar-refractivity contribution in [3.8, 4) is 0 Å². The number of ether oxygens (including phenoxy) is 2. The normalized spacial score (nSPS) is 45.0. The van der Waals surface area contributed by atoms with Crippen molar-refractivity contribution in [3.63, 3.8) is 0 Å². The van der Waals surface area contributed by atoms with E-state index >= 15 is 0 Å². The van der Waals surface area contributed by atoms with Crippen LogP contribution in [0, 0.1) is 23.7 Å². The highest BCUT2D eigenvalue weighted by molar-refractivity contribution is 5.74. The van der Waals surface area contributed by atoms with Crippen LogP contribution >= 0.6 is 0 Å². The molecule has 0 unspecified atom stereocenters. The molecule has 2 aliphatic rings. The summed E-state index contributed by atoms with van der Waals surface area (Å²) in [6, 6.07) is 0. The van der Waals surface area contributed by atoms with E-state index in [1.54, 1.807) is 0 Å². The fraction of sp³-hybridized carbons (Fsp3) is 0.917. The lowest BCUT2D eigenvalue weighted by Gasteiger charge is -2.37. The molecule has 1 aliphatic heterocycles. The van der Waals surface area contributed by atoms with Crippen molar-refractivity contribution >= 4 is 5.97 Å². The number of rotatable bonds is 2. The number of cyclic esters (lactones) is 1. The van der Waals surface area contributed by atoms with Crippen molar-refractivity contribution in [2.24, 2.45) is 23.7 Å². The van der Waals surface area contributed by atoms with Gasteiger partial charge in [0.05, 0.1) is 5.92 Å². The minimum absolute atomic E-state index is 0.0402. The predicted molar refractivity (Wildman–Crippen MR) is 56.0 cm³/mol. The average Bonchev–Trinajstić information content (AvgIpc) is 2.57. The summed E-state index contributed by atoms with van der Waals surface area (Å²) < 4.78 is 10.8. The van der Waals surface area contributed by atoms with Gasteiger partial charge in [-0.3, -0.25) is 4.79 Å². The van der Waals surface area contributed by atoms with Crippen LogP contribution in [0.5, 0.6) is 0 Å². The maximum atomic E-state index is 11.8. The predicted octanol–water partition coefficient (Wildman–Crippen LogP) is 2.20. The van der Waals surface area contributed by atoms with Gasteiger partial charge in [-0.05, 0) is 31.6 Å². The molecule has 86 valence electrons. The van der Waals surface area contributed by atoms with Crippen molar-refractivity contribution in [3.05, 3.63) is 0 Å². The third-order valence-electron chi connectivity index (χ3n) is 3.97. The van der Waals surface area contributed by atoms with E-state index < -0.39 is 0 Å². The van der Waals surface area contributed by atoms with Gasteiger partial charge < -0.3 is 9.47 Å². The topological polar surface area (TPSA) is 35.5 Å². The van der Waals surface area contributed by atoms with E-state index in [0.29, 0.717) is 24.4 Å². The molecule has 0 spiro atoms. The molecule has 1 saturated heterocycles. The average molecular weight is 212 g/mol. The molecule has 3 nitrogen and oxygen atoms in total. The molecule has 1 saturated carbocycles. The van der Waals surface area contributed by atoms with E-state index in [2.05, 4.69) is 13.8 Å². The molecular formula is C12H20O3. The van der Waals surface area contributed by atoms with Crippen LogP contribution < -0.4 is 0 Å². The molecule has 0 N–H and O–H groups in total. The van der Waals surface area contributed by atoms with Gasteiger partial charge in [0.25, 0.3) is 0 Å². The summed E-state index contributed by atoms with van der Waals surface area (Å²) in [7, 11) is 0. The molecule has 0 amide bonds. The van der Waals surface area contributed by atoms with Crippen LogP contribution in [-0.4, -0.2) is 18.9 Å². The van der Waals surface area contributed by atoms with Crippen LogP contribution in [0.3, 0.4) is 0 Å². The summed E-state index contributed by atoms with van der Waals surface area (Å²) >= 11 is 0. The molecule has 2 rings (SSSR count). The molecule has 0 radical (unpaired) electrons. The van der Waals surface area contributed by atoms with E-state index in [-0.39, 0.29) is 18.2 Å². The number of esters is 1. The van der Waals surface area contributed by atoms with Gasteiger partial charge in [-0.2, -0.15) is 0 Å². The number of carbonyl (C=O) groups excluding carboxylic acids is 1. The molecule has 3 heteroatoms. The summed E-state index contributed by atoms with van der Waals surface area (Å²) in [5, 5.41) is 0. The standard InChI is InChI=1S/C12H20O3/c1-4-14-12-8(3)9-6-5-7(2)10(9)11(13)15-12/h7-10,12H,4-6H2,1-3H3/t7-,8-,9+,10-,12-/m1/s1. The van der Waals surface area contributed by atoms with Gasteiger partial charge in [0.15, 0.2) is 0 Å². The lowest BCUT2D eigenvalue weighted by atomic mass is 9.80. The van der Waals surface area contributed by atoms with Crippen LogP contribution in [0.4, 0.5) is 0 Å². The van der Waals surface area contributed by atoms with Crippen molar-refractivity contribution < 1.29 is 14.3 Å². The van der Waals surface area contributed by atoms with Gasteiger partial charge in [0, 0.05) is 12.5 Å². The smallest absolute Gasteiger partial charge is 0.311 e. The lowest BCUT2D eigenvalue weighted by molar-refractivity contribution is -0.218.